The number of imide groups is 1. The van der Waals surface area contributed by atoms with E-state index in [9.17, 15) is 14.4 Å². The van der Waals surface area contributed by atoms with Gasteiger partial charge in [-0.3, -0.25) is 14.5 Å². The Morgan fingerprint density at radius 3 is 1.90 bits per heavy atom. The van der Waals surface area contributed by atoms with E-state index in [0.717, 1.165) is 31.2 Å². The molecule has 2 atom stereocenters. The summed E-state index contributed by atoms with van der Waals surface area (Å²) in [6.07, 6.45) is 3.55. The van der Waals surface area contributed by atoms with Gasteiger partial charge in [-0.2, -0.15) is 0 Å². The fraction of sp³-hybridized carbons (Fsp3) is 0.400. The summed E-state index contributed by atoms with van der Waals surface area (Å²) >= 11 is 0. The van der Waals surface area contributed by atoms with Gasteiger partial charge >= 0.3 is 5.97 Å². The Balaban J connectivity index is 1.46. The van der Waals surface area contributed by atoms with Crippen LogP contribution in [0, 0.1) is 11.8 Å². The second-order valence-corrected chi connectivity index (χ2v) is 9.22. The lowest BCUT2D eigenvalue weighted by molar-refractivity contribution is -0.122. The lowest BCUT2D eigenvalue weighted by Gasteiger charge is -2.19. The largest absolute Gasteiger partial charge is 0.423 e. The topological polar surface area (TPSA) is 63.7 Å². The van der Waals surface area contributed by atoms with E-state index in [2.05, 4.69) is 20.8 Å². The molecule has 0 radical (unpaired) electrons. The molecule has 1 aliphatic heterocycles. The van der Waals surface area contributed by atoms with Gasteiger partial charge in [-0.05, 0) is 60.2 Å². The van der Waals surface area contributed by atoms with Crippen LogP contribution in [0.5, 0.6) is 5.75 Å². The van der Waals surface area contributed by atoms with Crippen LogP contribution in [-0.2, 0) is 15.0 Å². The van der Waals surface area contributed by atoms with Crippen molar-refractivity contribution in [3.63, 3.8) is 0 Å². The average Bonchev–Trinajstić information content (AvgIpc) is 2.98. The number of amides is 2. The van der Waals surface area contributed by atoms with Gasteiger partial charge in [0.05, 0.1) is 23.1 Å². The maximum absolute atomic E-state index is 12.7. The highest BCUT2D eigenvalue weighted by molar-refractivity contribution is 6.22. The third-order valence-electron chi connectivity index (χ3n) is 6.13. The first-order valence-electron chi connectivity index (χ1n) is 10.6. The molecule has 2 aliphatic rings. The Hall–Kier alpha value is -2.95. The van der Waals surface area contributed by atoms with Crippen LogP contribution < -0.4 is 9.64 Å². The number of anilines is 1. The van der Waals surface area contributed by atoms with Crippen molar-refractivity contribution in [2.24, 2.45) is 11.8 Å². The molecule has 1 heterocycles. The average molecular weight is 405 g/mol. The molecular formula is C25H27NO4. The molecule has 2 aromatic rings. The summed E-state index contributed by atoms with van der Waals surface area (Å²) in [5, 5.41) is 0. The van der Waals surface area contributed by atoms with E-state index in [0.29, 0.717) is 17.0 Å². The number of carbonyl (C=O) groups excluding carboxylic acids is 3. The van der Waals surface area contributed by atoms with Crippen LogP contribution in [0.2, 0.25) is 0 Å². The van der Waals surface area contributed by atoms with E-state index in [4.69, 9.17) is 4.74 Å². The number of benzene rings is 2. The summed E-state index contributed by atoms with van der Waals surface area (Å²) in [5.74, 6) is -0.597. The van der Waals surface area contributed by atoms with Crippen molar-refractivity contribution in [2.45, 2.75) is 51.9 Å². The Bertz CT molecular complexity index is 946. The first-order valence-corrected chi connectivity index (χ1v) is 10.6. The Morgan fingerprint density at radius 1 is 0.867 bits per heavy atom. The fourth-order valence-corrected chi connectivity index (χ4v) is 4.35. The maximum atomic E-state index is 12.7. The summed E-state index contributed by atoms with van der Waals surface area (Å²) in [6.45, 7) is 6.38. The van der Waals surface area contributed by atoms with Crippen LogP contribution in [0.15, 0.2) is 48.5 Å². The van der Waals surface area contributed by atoms with E-state index in [1.54, 1.807) is 36.4 Å². The summed E-state index contributed by atoms with van der Waals surface area (Å²) < 4.78 is 5.47. The van der Waals surface area contributed by atoms with Gasteiger partial charge in [0.15, 0.2) is 0 Å². The number of nitrogens with zero attached hydrogens (tertiary/aromatic N) is 1. The molecule has 0 spiro atoms. The summed E-state index contributed by atoms with van der Waals surface area (Å²) in [4.78, 5) is 39.2. The zero-order chi connectivity index (χ0) is 21.5. The zero-order valence-corrected chi connectivity index (χ0v) is 17.7. The Morgan fingerprint density at radius 2 is 1.40 bits per heavy atom. The molecule has 5 heteroatoms. The monoisotopic (exact) mass is 405 g/mol. The first kappa shape index (κ1) is 20.3. The second kappa shape index (κ2) is 7.71. The predicted octanol–water partition coefficient (Wildman–Crippen LogP) is 4.88. The first-order chi connectivity index (χ1) is 14.3. The molecule has 0 N–H and O–H groups in total. The molecular weight excluding hydrogens is 378 g/mol. The summed E-state index contributed by atoms with van der Waals surface area (Å²) in [5.41, 5.74) is 2.08. The molecule has 0 aromatic heterocycles. The quantitative estimate of drug-likeness (QED) is 0.415. The van der Waals surface area contributed by atoms with E-state index < -0.39 is 5.97 Å². The normalized spacial score (nSPS) is 21.5. The lowest BCUT2D eigenvalue weighted by Crippen LogP contribution is -2.30. The van der Waals surface area contributed by atoms with Crippen molar-refractivity contribution in [1.29, 1.82) is 0 Å². The van der Waals surface area contributed by atoms with Crippen LogP contribution in [0.1, 0.15) is 62.4 Å². The second-order valence-electron chi connectivity index (χ2n) is 9.22. The van der Waals surface area contributed by atoms with E-state index >= 15 is 0 Å². The maximum Gasteiger partial charge on any atom is 0.343 e. The number of esters is 1. The summed E-state index contributed by atoms with van der Waals surface area (Å²) in [6, 6.07) is 14.0. The Kier molecular flexibility index (Phi) is 5.22. The minimum absolute atomic E-state index is 0.0281. The molecule has 0 unspecified atom stereocenters. The SMILES string of the molecule is CC(C)(C)c1ccc(OC(=O)c2ccc(N3C(=O)[C@H]4CCCC[C@H]4C3=O)cc2)cc1. The zero-order valence-electron chi connectivity index (χ0n) is 17.7. The standard InChI is InChI=1S/C25H27NO4/c1-25(2,3)17-10-14-19(15-11-17)30-24(29)16-8-12-18(13-9-16)26-22(27)20-6-4-5-7-21(20)23(26)28/h8-15,20-21H,4-7H2,1-3H3/t20-,21+. The number of ether oxygens (including phenoxy) is 1. The molecule has 2 amide bonds. The van der Waals surface area contributed by atoms with Crippen LogP contribution in [0.4, 0.5) is 5.69 Å². The predicted molar refractivity (Wildman–Crippen MR) is 114 cm³/mol. The van der Waals surface area contributed by atoms with E-state index in [1.807, 2.05) is 12.1 Å². The third-order valence-corrected chi connectivity index (χ3v) is 6.13. The van der Waals surface area contributed by atoms with Crippen LogP contribution in [0.25, 0.3) is 0 Å². The number of hydrogen-bond acceptors (Lipinski definition) is 4. The number of fused-ring (bicyclic) bond motifs is 1. The van der Waals surface area contributed by atoms with Gasteiger partial charge in [0, 0.05) is 0 Å². The van der Waals surface area contributed by atoms with Crippen molar-refractivity contribution in [3.05, 3.63) is 59.7 Å². The third kappa shape index (κ3) is 3.76. The molecule has 1 saturated carbocycles. The molecule has 1 aliphatic carbocycles. The number of hydrogen-bond donors (Lipinski definition) is 0. The van der Waals surface area contributed by atoms with Crippen molar-refractivity contribution in [1.82, 2.24) is 0 Å². The van der Waals surface area contributed by atoms with Gasteiger partial charge in [0.1, 0.15) is 5.75 Å². The highest BCUT2D eigenvalue weighted by Crippen LogP contribution is 2.40. The Labute approximate surface area is 177 Å². The molecule has 2 aromatic carbocycles. The van der Waals surface area contributed by atoms with Crippen LogP contribution >= 0.6 is 0 Å². The highest BCUT2D eigenvalue weighted by Gasteiger charge is 2.48. The summed E-state index contributed by atoms with van der Waals surface area (Å²) in [7, 11) is 0. The minimum atomic E-state index is -0.474. The van der Waals surface area contributed by atoms with Crippen molar-refractivity contribution >= 4 is 23.5 Å². The fourth-order valence-electron chi connectivity index (χ4n) is 4.35. The molecule has 5 nitrogen and oxygen atoms in total. The van der Waals surface area contributed by atoms with Gasteiger partial charge in [0.2, 0.25) is 11.8 Å². The molecule has 30 heavy (non-hydrogen) atoms. The number of carbonyl (C=O) groups is 3. The molecule has 2 fully saturated rings. The van der Waals surface area contributed by atoms with Gasteiger partial charge in [-0.15, -0.1) is 0 Å². The van der Waals surface area contributed by atoms with Gasteiger partial charge < -0.3 is 4.74 Å². The van der Waals surface area contributed by atoms with Gasteiger partial charge in [-0.1, -0.05) is 45.7 Å². The van der Waals surface area contributed by atoms with Crippen LogP contribution in [-0.4, -0.2) is 17.8 Å². The van der Waals surface area contributed by atoms with Crippen LogP contribution in [0.3, 0.4) is 0 Å². The molecule has 156 valence electrons. The molecule has 4 rings (SSSR count). The van der Waals surface area contributed by atoms with Crippen molar-refractivity contribution in [3.8, 4) is 5.75 Å². The lowest BCUT2D eigenvalue weighted by atomic mass is 9.81. The van der Waals surface area contributed by atoms with Gasteiger partial charge in [0.25, 0.3) is 0 Å². The number of rotatable bonds is 3. The van der Waals surface area contributed by atoms with E-state index in [1.165, 1.54) is 4.90 Å². The molecule has 1 saturated heterocycles. The molecule has 0 bridgehead atoms. The van der Waals surface area contributed by atoms with Gasteiger partial charge in [-0.25, -0.2) is 4.79 Å². The highest BCUT2D eigenvalue weighted by atomic mass is 16.5. The smallest absolute Gasteiger partial charge is 0.343 e. The van der Waals surface area contributed by atoms with Crippen molar-refractivity contribution < 1.29 is 19.1 Å². The van der Waals surface area contributed by atoms with Crippen molar-refractivity contribution in [2.75, 3.05) is 4.90 Å². The van der Waals surface area contributed by atoms with E-state index in [-0.39, 0.29) is 29.1 Å². The minimum Gasteiger partial charge on any atom is -0.423 e.